The number of nitrogens with zero attached hydrogens (tertiary/aromatic N) is 2. The highest BCUT2D eigenvalue weighted by atomic mass is 32.1. The molecule has 1 aromatic heterocycles. The van der Waals surface area contributed by atoms with Crippen molar-refractivity contribution < 1.29 is 19.1 Å². The van der Waals surface area contributed by atoms with E-state index >= 15 is 0 Å². The lowest BCUT2D eigenvalue weighted by molar-refractivity contribution is -0.144. The lowest BCUT2D eigenvalue weighted by Crippen LogP contribution is -2.38. The van der Waals surface area contributed by atoms with Gasteiger partial charge in [0, 0.05) is 0 Å². The summed E-state index contributed by atoms with van der Waals surface area (Å²) >= 11 is 1.37. The first kappa shape index (κ1) is 22.9. The molecular weight excluding hydrogens is 474 g/mol. The highest BCUT2D eigenvalue weighted by Gasteiger charge is 2.60. The van der Waals surface area contributed by atoms with E-state index in [9.17, 15) is 14.4 Å². The van der Waals surface area contributed by atoms with Crippen LogP contribution >= 0.6 is 11.3 Å². The molecule has 7 nitrogen and oxygen atoms in total. The van der Waals surface area contributed by atoms with Crippen LogP contribution in [0.5, 0.6) is 5.75 Å². The summed E-state index contributed by atoms with van der Waals surface area (Å²) in [6.45, 7) is 4.48. The molecule has 1 saturated carbocycles. The lowest BCUT2D eigenvalue weighted by Gasteiger charge is -2.28. The number of nitrogens with one attached hydrogen (secondary N) is 1. The number of amides is 3. The zero-order valence-corrected chi connectivity index (χ0v) is 21.0. The number of aryl methyl sites for hydroxylation is 1. The van der Waals surface area contributed by atoms with Crippen LogP contribution in [0.15, 0.2) is 54.6 Å². The van der Waals surface area contributed by atoms with Crippen LogP contribution in [-0.4, -0.2) is 34.2 Å². The third-order valence-electron chi connectivity index (χ3n) is 7.57. The highest BCUT2D eigenvalue weighted by molar-refractivity contribution is 7.22. The van der Waals surface area contributed by atoms with Gasteiger partial charge in [0.2, 0.25) is 17.7 Å². The molecule has 1 saturated heterocycles. The number of rotatable bonds is 7. The van der Waals surface area contributed by atoms with Crippen LogP contribution in [0.3, 0.4) is 0 Å². The van der Waals surface area contributed by atoms with Crippen molar-refractivity contribution in [3.8, 4) is 5.75 Å². The van der Waals surface area contributed by atoms with E-state index in [1.54, 1.807) is 0 Å². The predicted octanol–water partition coefficient (Wildman–Crippen LogP) is 4.88. The number of imide groups is 1. The number of hydrogen-bond acceptors (Lipinski definition) is 6. The maximum atomic E-state index is 13.5. The van der Waals surface area contributed by atoms with Crippen molar-refractivity contribution in [2.24, 2.45) is 23.7 Å². The average molecular weight is 502 g/mol. The third kappa shape index (κ3) is 3.80. The highest BCUT2D eigenvalue weighted by Crippen LogP contribution is 2.54. The quantitative estimate of drug-likeness (QED) is 0.368. The Labute approximate surface area is 213 Å². The second kappa shape index (κ2) is 8.85. The van der Waals surface area contributed by atoms with Gasteiger partial charge in [-0.3, -0.25) is 19.3 Å². The van der Waals surface area contributed by atoms with E-state index in [1.807, 2.05) is 56.3 Å². The second-order valence-corrected chi connectivity index (χ2v) is 10.8. The molecule has 8 heteroatoms. The molecule has 2 heterocycles. The van der Waals surface area contributed by atoms with Gasteiger partial charge in [-0.1, -0.05) is 53.3 Å². The fourth-order valence-electron chi connectivity index (χ4n) is 5.94. The van der Waals surface area contributed by atoms with E-state index in [0.29, 0.717) is 11.7 Å². The van der Waals surface area contributed by atoms with Crippen molar-refractivity contribution in [3.05, 3.63) is 65.7 Å². The molecule has 2 aromatic carbocycles. The number of likely N-dealkylation sites (tertiary alicyclic amines) is 1. The minimum atomic E-state index is -0.658. The monoisotopic (exact) mass is 501 g/mol. The first-order valence-corrected chi connectivity index (χ1v) is 13.2. The van der Waals surface area contributed by atoms with Crippen LogP contribution in [0.1, 0.15) is 36.9 Å². The van der Waals surface area contributed by atoms with Crippen LogP contribution in [0.25, 0.3) is 10.2 Å². The Morgan fingerprint density at radius 2 is 1.81 bits per heavy atom. The predicted molar refractivity (Wildman–Crippen MR) is 138 cm³/mol. The average Bonchev–Trinajstić information content (AvgIpc) is 3.62. The van der Waals surface area contributed by atoms with E-state index in [1.165, 1.54) is 16.2 Å². The molecule has 5 atom stereocenters. The van der Waals surface area contributed by atoms with Crippen molar-refractivity contribution in [1.82, 2.24) is 9.88 Å². The summed E-state index contributed by atoms with van der Waals surface area (Å²) in [6.07, 6.45) is 5.01. The summed E-state index contributed by atoms with van der Waals surface area (Å²) in [7, 11) is 0. The largest absolute Gasteiger partial charge is 0.494 e. The first-order chi connectivity index (χ1) is 17.4. The number of aromatic nitrogens is 1. The van der Waals surface area contributed by atoms with Gasteiger partial charge in [0.15, 0.2) is 5.13 Å². The summed E-state index contributed by atoms with van der Waals surface area (Å²) in [6, 6.07) is 12.7. The number of carbonyl (C=O) groups excluding carboxylic acids is 3. The number of fused-ring (bicyclic) bond motifs is 6. The van der Waals surface area contributed by atoms with Gasteiger partial charge in [0.05, 0.1) is 41.1 Å². The van der Waals surface area contributed by atoms with Crippen LogP contribution in [0, 0.1) is 30.6 Å². The number of hydrogen-bond donors (Lipinski definition) is 1. The van der Waals surface area contributed by atoms with Gasteiger partial charge in [-0.05, 0) is 55.9 Å². The van der Waals surface area contributed by atoms with Crippen LogP contribution < -0.4 is 10.1 Å². The molecule has 2 bridgehead atoms. The molecule has 36 heavy (non-hydrogen) atoms. The zero-order chi connectivity index (χ0) is 25.0. The molecular formula is C28H27N3O4S. The Balaban J connectivity index is 1.26. The van der Waals surface area contributed by atoms with E-state index in [0.717, 1.165) is 33.5 Å². The van der Waals surface area contributed by atoms with Gasteiger partial charge >= 0.3 is 0 Å². The van der Waals surface area contributed by atoms with Gasteiger partial charge in [0.25, 0.3) is 0 Å². The van der Waals surface area contributed by atoms with Crippen molar-refractivity contribution in [2.75, 3.05) is 11.9 Å². The Morgan fingerprint density at radius 1 is 1.11 bits per heavy atom. The first-order valence-electron chi connectivity index (χ1n) is 12.4. The van der Waals surface area contributed by atoms with E-state index in [4.69, 9.17) is 4.74 Å². The Morgan fingerprint density at radius 3 is 2.47 bits per heavy atom. The lowest BCUT2D eigenvalue weighted by atomic mass is 9.85. The minimum Gasteiger partial charge on any atom is -0.494 e. The van der Waals surface area contributed by atoms with E-state index < -0.39 is 6.04 Å². The van der Waals surface area contributed by atoms with Gasteiger partial charge in [-0.25, -0.2) is 4.98 Å². The fraction of sp³-hybridized carbons (Fsp3) is 0.357. The van der Waals surface area contributed by atoms with Crippen LogP contribution in [-0.2, 0) is 14.4 Å². The summed E-state index contributed by atoms with van der Waals surface area (Å²) < 4.78 is 6.47. The molecule has 0 spiro atoms. The third-order valence-corrected chi connectivity index (χ3v) is 8.51. The Hall–Kier alpha value is -3.52. The molecule has 1 aliphatic heterocycles. The van der Waals surface area contributed by atoms with Crippen LogP contribution in [0.4, 0.5) is 5.13 Å². The Kier molecular flexibility index (Phi) is 5.63. The summed E-state index contributed by atoms with van der Waals surface area (Å²) in [5.41, 5.74) is 2.62. The van der Waals surface area contributed by atoms with Crippen molar-refractivity contribution in [1.29, 1.82) is 0 Å². The van der Waals surface area contributed by atoms with Crippen LogP contribution in [0.2, 0.25) is 0 Å². The van der Waals surface area contributed by atoms with Crippen molar-refractivity contribution >= 4 is 44.4 Å². The minimum absolute atomic E-state index is 0.0249. The maximum absolute atomic E-state index is 13.5. The number of carbonyl (C=O) groups is 3. The van der Waals surface area contributed by atoms with Gasteiger partial charge in [-0.15, -0.1) is 0 Å². The van der Waals surface area contributed by atoms with E-state index in [2.05, 4.69) is 22.5 Å². The molecule has 3 aromatic rings. The summed E-state index contributed by atoms with van der Waals surface area (Å²) in [5, 5.41) is 3.37. The SMILES string of the molecule is CCOc1ccc2nc(NC(=O)CC(c3ccc(C)cc3)N3C(=O)C4C5C=CC(C5)C4C3=O)sc2c1. The molecule has 3 aliphatic rings. The molecule has 184 valence electrons. The van der Waals surface area contributed by atoms with E-state index in [-0.39, 0.29) is 47.8 Å². The van der Waals surface area contributed by atoms with Gasteiger partial charge < -0.3 is 10.1 Å². The Bertz CT molecular complexity index is 1370. The van der Waals surface area contributed by atoms with Gasteiger partial charge in [0.1, 0.15) is 5.75 Å². The second-order valence-electron chi connectivity index (χ2n) is 9.81. The van der Waals surface area contributed by atoms with Crippen molar-refractivity contribution in [3.63, 3.8) is 0 Å². The molecule has 3 amide bonds. The zero-order valence-electron chi connectivity index (χ0n) is 20.1. The summed E-state index contributed by atoms with van der Waals surface area (Å²) in [4.78, 5) is 46.2. The molecule has 0 radical (unpaired) electrons. The van der Waals surface area contributed by atoms with Crippen molar-refractivity contribution in [2.45, 2.75) is 32.7 Å². The molecule has 2 aliphatic carbocycles. The fourth-order valence-corrected chi connectivity index (χ4v) is 6.85. The maximum Gasteiger partial charge on any atom is 0.234 e. The number of anilines is 1. The molecule has 1 N–H and O–H groups in total. The smallest absolute Gasteiger partial charge is 0.234 e. The standard InChI is InChI=1S/C28H27N3O4S/c1-3-35-19-10-11-20-22(13-19)36-28(29-20)30-23(32)14-21(16-6-4-15(2)5-7-16)31-26(33)24-17-8-9-18(12-17)25(24)27(31)34/h4-11,13,17-18,21,24-25H,3,12,14H2,1-2H3,(H,29,30,32). The molecule has 2 fully saturated rings. The number of ether oxygens (including phenoxy) is 1. The normalized spacial score (nSPS) is 25.0. The topological polar surface area (TPSA) is 88.6 Å². The number of thiazole rings is 1. The summed E-state index contributed by atoms with van der Waals surface area (Å²) in [5.74, 6) is -0.182. The van der Waals surface area contributed by atoms with Gasteiger partial charge in [-0.2, -0.15) is 0 Å². The molecule has 6 rings (SSSR count). The molecule has 5 unspecified atom stereocenters. The number of benzene rings is 2. The number of allylic oxidation sites excluding steroid dienone is 2.